The van der Waals surface area contributed by atoms with Crippen LogP contribution in [0, 0.1) is 12.8 Å². The Labute approximate surface area is 128 Å². The Kier molecular flexibility index (Phi) is 4.68. The minimum atomic E-state index is 0.696. The molecule has 2 unspecified atom stereocenters. The highest BCUT2D eigenvalue weighted by Crippen LogP contribution is 2.38. The Hall–Kier alpha value is -0.530. The standard InChI is InChI=1S/C18H26ClN/c1-13-7-8-14(11-18(13)19)17-6-4-2-3-5-15(17)12-20-16-9-10-16/h7-8,11,15-17,20H,2-6,9-10,12H2,1H3. The molecule has 0 aromatic heterocycles. The van der Waals surface area contributed by atoms with Crippen LogP contribution < -0.4 is 5.32 Å². The van der Waals surface area contributed by atoms with Gasteiger partial charge in [0.15, 0.2) is 0 Å². The van der Waals surface area contributed by atoms with Crippen LogP contribution in [0.1, 0.15) is 62.0 Å². The van der Waals surface area contributed by atoms with Crippen LogP contribution >= 0.6 is 11.6 Å². The molecule has 110 valence electrons. The molecule has 0 amide bonds. The Bertz CT molecular complexity index is 453. The summed E-state index contributed by atoms with van der Waals surface area (Å²) in [4.78, 5) is 0. The van der Waals surface area contributed by atoms with Gasteiger partial charge in [0, 0.05) is 11.1 Å². The van der Waals surface area contributed by atoms with Crippen LogP contribution in [0.4, 0.5) is 0 Å². The number of hydrogen-bond acceptors (Lipinski definition) is 1. The van der Waals surface area contributed by atoms with E-state index in [2.05, 4.69) is 30.4 Å². The van der Waals surface area contributed by atoms with Crippen molar-refractivity contribution in [3.05, 3.63) is 34.3 Å². The van der Waals surface area contributed by atoms with Gasteiger partial charge < -0.3 is 5.32 Å². The maximum atomic E-state index is 6.34. The van der Waals surface area contributed by atoms with Crippen LogP contribution in [0.2, 0.25) is 5.02 Å². The van der Waals surface area contributed by atoms with E-state index in [4.69, 9.17) is 11.6 Å². The molecule has 0 aliphatic heterocycles. The fraction of sp³-hybridized carbons (Fsp3) is 0.667. The molecular formula is C18H26ClN. The first-order chi connectivity index (χ1) is 9.74. The van der Waals surface area contributed by atoms with Gasteiger partial charge >= 0.3 is 0 Å². The van der Waals surface area contributed by atoms with Crippen molar-refractivity contribution in [1.82, 2.24) is 5.32 Å². The summed E-state index contributed by atoms with van der Waals surface area (Å²) in [6, 6.07) is 7.53. The fourth-order valence-electron chi connectivity index (χ4n) is 3.51. The Morgan fingerprint density at radius 1 is 1.10 bits per heavy atom. The van der Waals surface area contributed by atoms with E-state index in [1.54, 1.807) is 0 Å². The maximum absolute atomic E-state index is 6.34. The molecule has 0 saturated heterocycles. The van der Waals surface area contributed by atoms with Crippen LogP contribution in [0.15, 0.2) is 18.2 Å². The molecule has 2 aliphatic rings. The van der Waals surface area contributed by atoms with Crippen LogP contribution in [-0.2, 0) is 0 Å². The highest BCUT2D eigenvalue weighted by molar-refractivity contribution is 6.31. The minimum absolute atomic E-state index is 0.696. The molecule has 2 saturated carbocycles. The Balaban J connectivity index is 1.75. The fourth-order valence-corrected chi connectivity index (χ4v) is 3.70. The lowest BCUT2D eigenvalue weighted by atomic mass is 9.82. The number of aryl methyl sites for hydroxylation is 1. The third-order valence-electron chi connectivity index (χ3n) is 5.03. The van der Waals surface area contributed by atoms with E-state index >= 15 is 0 Å². The summed E-state index contributed by atoms with van der Waals surface area (Å²) in [6.45, 7) is 3.28. The quantitative estimate of drug-likeness (QED) is 0.764. The van der Waals surface area contributed by atoms with E-state index in [1.807, 2.05) is 0 Å². The number of benzene rings is 1. The Morgan fingerprint density at radius 2 is 1.90 bits per heavy atom. The van der Waals surface area contributed by atoms with Crippen molar-refractivity contribution >= 4 is 11.6 Å². The molecule has 1 N–H and O–H groups in total. The summed E-state index contributed by atoms with van der Waals surface area (Å²) in [5.74, 6) is 1.48. The topological polar surface area (TPSA) is 12.0 Å². The first-order valence-corrected chi connectivity index (χ1v) is 8.61. The van der Waals surface area contributed by atoms with Gasteiger partial charge in [0.05, 0.1) is 0 Å². The summed E-state index contributed by atoms with van der Waals surface area (Å²) < 4.78 is 0. The molecule has 1 aromatic carbocycles. The molecule has 2 atom stereocenters. The second-order valence-electron chi connectivity index (χ2n) is 6.70. The van der Waals surface area contributed by atoms with Gasteiger partial charge in [-0.3, -0.25) is 0 Å². The highest BCUT2D eigenvalue weighted by Gasteiger charge is 2.28. The largest absolute Gasteiger partial charge is 0.314 e. The molecule has 0 radical (unpaired) electrons. The third kappa shape index (κ3) is 3.56. The monoisotopic (exact) mass is 291 g/mol. The van der Waals surface area contributed by atoms with Gasteiger partial charge in [-0.25, -0.2) is 0 Å². The summed E-state index contributed by atoms with van der Waals surface area (Å²) in [6.07, 6.45) is 9.63. The molecule has 0 spiro atoms. The lowest BCUT2D eigenvalue weighted by molar-refractivity contribution is 0.374. The number of nitrogens with one attached hydrogen (secondary N) is 1. The lowest BCUT2D eigenvalue weighted by Crippen LogP contribution is -2.28. The number of hydrogen-bond donors (Lipinski definition) is 1. The van der Waals surface area contributed by atoms with E-state index in [9.17, 15) is 0 Å². The normalized spacial score (nSPS) is 27.3. The van der Waals surface area contributed by atoms with Crippen LogP contribution in [0.3, 0.4) is 0 Å². The molecule has 1 nitrogen and oxygen atoms in total. The smallest absolute Gasteiger partial charge is 0.0438 e. The molecular weight excluding hydrogens is 266 g/mol. The zero-order valence-corrected chi connectivity index (χ0v) is 13.3. The van der Waals surface area contributed by atoms with Gasteiger partial charge in [0.25, 0.3) is 0 Å². The maximum Gasteiger partial charge on any atom is 0.0438 e. The highest BCUT2D eigenvalue weighted by atomic mass is 35.5. The van der Waals surface area contributed by atoms with Gasteiger partial charge in [-0.15, -0.1) is 0 Å². The third-order valence-corrected chi connectivity index (χ3v) is 5.44. The second kappa shape index (κ2) is 6.49. The summed E-state index contributed by atoms with van der Waals surface area (Å²) in [5, 5.41) is 4.68. The lowest BCUT2D eigenvalue weighted by Gasteiger charge is -2.26. The first-order valence-electron chi connectivity index (χ1n) is 8.23. The van der Waals surface area contributed by atoms with Crippen LogP contribution in [0.25, 0.3) is 0 Å². The van der Waals surface area contributed by atoms with Crippen molar-refractivity contribution in [3.63, 3.8) is 0 Å². The van der Waals surface area contributed by atoms with Gasteiger partial charge in [0.2, 0.25) is 0 Å². The predicted molar refractivity (Wildman–Crippen MR) is 86.5 cm³/mol. The first kappa shape index (κ1) is 14.4. The van der Waals surface area contributed by atoms with Crippen molar-refractivity contribution in [1.29, 1.82) is 0 Å². The van der Waals surface area contributed by atoms with Crippen LogP contribution in [-0.4, -0.2) is 12.6 Å². The SMILES string of the molecule is Cc1ccc(C2CCCCCC2CNC2CC2)cc1Cl. The van der Waals surface area contributed by atoms with Crippen molar-refractivity contribution in [2.75, 3.05) is 6.54 Å². The van der Waals surface area contributed by atoms with E-state index in [1.165, 1.54) is 62.6 Å². The zero-order valence-electron chi connectivity index (χ0n) is 12.5. The van der Waals surface area contributed by atoms with Gasteiger partial charge in [0.1, 0.15) is 0 Å². The minimum Gasteiger partial charge on any atom is -0.314 e. The van der Waals surface area contributed by atoms with Gasteiger partial charge in [-0.1, -0.05) is 43.0 Å². The molecule has 20 heavy (non-hydrogen) atoms. The molecule has 3 rings (SSSR count). The summed E-state index contributed by atoms with van der Waals surface area (Å²) in [5.41, 5.74) is 2.65. The zero-order chi connectivity index (χ0) is 13.9. The second-order valence-corrected chi connectivity index (χ2v) is 7.10. The summed E-state index contributed by atoms with van der Waals surface area (Å²) in [7, 11) is 0. The van der Waals surface area contributed by atoms with E-state index in [-0.39, 0.29) is 0 Å². The average molecular weight is 292 g/mol. The van der Waals surface area contributed by atoms with Crippen molar-refractivity contribution in [2.24, 2.45) is 5.92 Å². The average Bonchev–Trinajstić information content (AvgIpc) is 3.25. The van der Waals surface area contributed by atoms with Gasteiger partial charge in [-0.05, 0) is 68.2 Å². The molecule has 2 heteroatoms. The molecule has 2 aliphatic carbocycles. The summed E-state index contributed by atoms with van der Waals surface area (Å²) >= 11 is 6.34. The van der Waals surface area contributed by atoms with E-state index in [0.29, 0.717) is 5.92 Å². The van der Waals surface area contributed by atoms with E-state index < -0.39 is 0 Å². The molecule has 0 heterocycles. The number of rotatable bonds is 4. The molecule has 2 fully saturated rings. The predicted octanol–water partition coefficient (Wildman–Crippen LogP) is 5.06. The molecule has 0 bridgehead atoms. The van der Waals surface area contributed by atoms with E-state index in [0.717, 1.165) is 17.0 Å². The van der Waals surface area contributed by atoms with Crippen molar-refractivity contribution in [2.45, 2.75) is 63.8 Å². The van der Waals surface area contributed by atoms with Crippen molar-refractivity contribution in [3.8, 4) is 0 Å². The number of halogens is 1. The molecule has 1 aromatic rings. The van der Waals surface area contributed by atoms with Crippen molar-refractivity contribution < 1.29 is 0 Å². The van der Waals surface area contributed by atoms with Gasteiger partial charge in [-0.2, -0.15) is 0 Å². The van der Waals surface area contributed by atoms with Crippen LogP contribution in [0.5, 0.6) is 0 Å². The Morgan fingerprint density at radius 3 is 2.65 bits per heavy atom.